The van der Waals surface area contributed by atoms with Gasteiger partial charge < -0.3 is 10.2 Å². The maximum absolute atomic E-state index is 6.29. The molecule has 2 nitrogen and oxygen atoms in total. The Morgan fingerprint density at radius 3 is 2.68 bits per heavy atom. The zero-order valence-corrected chi connectivity index (χ0v) is 13.3. The van der Waals surface area contributed by atoms with Crippen LogP contribution in [0, 0.1) is 0 Å². The molecule has 0 aliphatic carbocycles. The van der Waals surface area contributed by atoms with E-state index in [2.05, 4.69) is 41.1 Å². The minimum Gasteiger partial charge on any atom is -0.468 e. The average molecular weight is 340 g/mol. The third-order valence-electron chi connectivity index (χ3n) is 3.06. The second-order valence-corrected chi connectivity index (χ2v) is 6.39. The zero-order valence-electron chi connectivity index (χ0n) is 10.9. The van der Waals surface area contributed by atoms with Gasteiger partial charge in [-0.2, -0.15) is 0 Å². The van der Waals surface area contributed by atoms with E-state index in [4.69, 9.17) is 10.2 Å². The molecule has 0 bridgehead atoms. The van der Waals surface area contributed by atoms with Gasteiger partial charge in [0.05, 0.1) is 12.0 Å². The van der Waals surface area contributed by atoms with Gasteiger partial charge in [-0.1, -0.05) is 41.1 Å². The van der Waals surface area contributed by atoms with Crippen molar-refractivity contribution in [1.82, 2.24) is 0 Å². The van der Waals surface area contributed by atoms with Gasteiger partial charge in [-0.15, -0.1) is 11.8 Å². The SMILES string of the molecule is CCC(N)C(SCc1ccco1)c1ccccc1Br. The van der Waals surface area contributed by atoms with Crippen LogP contribution in [0.25, 0.3) is 0 Å². The summed E-state index contributed by atoms with van der Waals surface area (Å²) in [6, 6.07) is 12.4. The lowest BCUT2D eigenvalue weighted by Gasteiger charge is -2.23. The van der Waals surface area contributed by atoms with Crippen LogP contribution < -0.4 is 5.73 Å². The lowest BCUT2D eigenvalue weighted by molar-refractivity contribution is 0.529. The Balaban J connectivity index is 2.14. The van der Waals surface area contributed by atoms with Crippen molar-refractivity contribution < 1.29 is 4.42 Å². The molecule has 19 heavy (non-hydrogen) atoms. The van der Waals surface area contributed by atoms with Gasteiger partial charge in [0.15, 0.2) is 0 Å². The molecule has 2 rings (SSSR count). The highest BCUT2D eigenvalue weighted by molar-refractivity contribution is 9.10. The first-order valence-electron chi connectivity index (χ1n) is 6.36. The van der Waals surface area contributed by atoms with Gasteiger partial charge in [-0.25, -0.2) is 0 Å². The summed E-state index contributed by atoms with van der Waals surface area (Å²) in [6.07, 6.45) is 2.67. The highest BCUT2D eigenvalue weighted by Gasteiger charge is 2.21. The van der Waals surface area contributed by atoms with E-state index in [0.29, 0.717) is 0 Å². The number of hydrogen-bond acceptors (Lipinski definition) is 3. The summed E-state index contributed by atoms with van der Waals surface area (Å²) in [6.45, 7) is 2.13. The Morgan fingerprint density at radius 2 is 2.05 bits per heavy atom. The Morgan fingerprint density at radius 1 is 1.26 bits per heavy atom. The second-order valence-electron chi connectivity index (χ2n) is 4.40. The average Bonchev–Trinajstić information content (AvgIpc) is 2.93. The lowest BCUT2D eigenvalue weighted by Crippen LogP contribution is -2.26. The van der Waals surface area contributed by atoms with E-state index >= 15 is 0 Å². The third-order valence-corrected chi connectivity index (χ3v) is 5.19. The predicted molar refractivity (Wildman–Crippen MR) is 85.2 cm³/mol. The molecule has 0 aliphatic heterocycles. The Kier molecular flexibility index (Phi) is 5.55. The molecule has 1 heterocycles. The largest absolute Gasteiger partial charge is 0.468 e. The first-order chi connectivity index (χ1) is 9.22. The molecule has 0 spiro atoms. The summed E-state index contributed by atoms with van der Waals surface area (Å²) in [5, 5.41) is 0.269. The fraction of sp³-hybridized carbons (Fsp3) is 0.333. The van der Waals surface area contributed by atoms with Gasteiger partial charge in [0.2, 0.25) is 0 Å². The number of nitrogens with two attached hydrogens (primary N) is 1. The van der Waals surface area contributed by atoms with Crippen LogP contribution in [0.1, 0.15) is 29.9 Å². The molecule has 1 aromatic carbocycles. The molecule has 2 N–H and O–H groups in total. The van der Waals surface area contributed by atoms with Gasteiger partial charge in [0, 0.05) is 15.8 Å². The highest BCUT2D eigenvalue weighted by Crippen LogP contribution is 2.38. The zero-order chi connectivity index (χ0) is 13.7. The van der Waals surface area contributed by atoms with Crippen molar-refractivity contribution in [2.45, 2.75) is 30.4 Å². The number of rotatable bonds is 6. The smallest absolute Gasteiger partial charge is 0.113 e. The number of benzene rings is 1. The van der Waals surface area contributed by atoms with E-state index in [1.807, 2.05) is 30.0 Å². The van der Waals surface area contributed by atoms with Crippen molar-refractivity contribution in [3.05, 3.63) is 58.5 Å². The number of halogens is 1. The first-order valence-corrected chi connectivity index (χ1v) is 8.20. The van der Waals surface area contributed by atoms with Crippen LogP contribution in [-0.2, 0) is 5.75 Å². The van der Waals surface area contributed by atoms with Gasteiger partial charge in [-0.3, -0.25) is 0 Å². The number of thioether (sulfide) groups is 1. The maximum atomic E-state index is 6.29. The number of hydrogen-bond donors (Lipinski definition) is 1. The van der Waals surface area contributed by atoms with Crippen LogP contribution in [0.15, 0.2) is 51.6 Å². The molecule has 2 atom stereocenters. The summed E-state index contributed by atoms with van der Waals surface area (Å²) >= 11 is 5.45. The van der Waals surface area contributed by atoms with Crippen LogP contribution in [0.2, 0.25) is 0 Å². The van der Waals surface area contributed by atoms with Gasteiger partial charge >= 0.3 is 0 Å². The fourth-order valence-electron chi connectivity index (χ4n) is 1.93. The molecule has 0 aliphatic rings. The monoisotopic (exact) mass is 339 g/mol. The predicted octanol–water partition coefficient (Wildman–Crippen LogP) is 4.75. The summed E-state index contributed by atoms with van der Waals surface area (Å²) in [5.74, 6) is 1.83. The van der Waals surface area contributed by atoms with Crippen LogP contribution in [0.5, 0.6) is 0 Å². The van der Waals surface area contributed by atoms with E-state index in [1.54, 1.807) is 6.26 Å². The van der Waals surface area contributed by atoms with Crippen molar-refractivity contribution in [1.29, 1.82) is 0 Å². The van der Waals surface area contributed by atoms with Crippen molar-refractivity contribution in [3.8, 4) is 0 Å². The van der Waals surface area contributed by atoms with Crippen LogP contribution in [-0.4, -0.2) is 6.04 Å². The summed E-state index contributed by atoms with van der Waals surface area (Å²) in [4.78, 5) is 0. The molecule has 0 saturated heterocycles. The molecular weight excluding hydrogens is 322 g/mol. The minimum atomic E-state index is 0.138. The second kappa shape index (κ2) is 7.17. The van der Waals surface area contributed by atoms with Crippen LogP contribution in [0.3, 0.4) is 0 Å². The summed E-state index contributed by atoms with van der Waals surface area (Å²) in [7, 11) is 0. The van der Waals surface area contributed by atoms with Crippen molar-refractivity contribution >= 4 is 27.7 Å². The molecule has 1 aromatic heterocycles. The fourth-order valence-corrected chi connectivity index (χ4v) is 3.95. The van der Waals surface area contributed by atoms with E-state index in [-0.39, 0.29) is 11.3 Å². The third kappa shape index (κ3) is 3.88. The van der Waals surface area contributed by atoms with E-state index in [0.717, 1.165) is 22.4 Å². The minimum absolute atomic E-state index is 0.138. The Labute approximate surface area is 126 Å². The molecule has 0 amide bonds. The normalized spacial score (nSPS) is 14.3. The van der Waals surface area contributed by atoms with Crippen LogP contribution >= 0.6 is 27.7 Å². The van der Waals surface area contributed by atoms with Gasteiger partial charge in [0.1, 0.15) is 5.76 Å². The van der Waals surface area contributed by atoms with Crippen molar-refractivity contribution in [2.75, 3.05) is 0 Å². The molecule has 102 valence electrons. The summed E-state index contributed by atoms with van der Waals surface area (Å²) < 4.78 is 6.51. The van der Waals surface area contributed by atoms with Gasteiger partial charge in [-0.05, 0) is 30.2 Å². The molecule has 2 aromatic rings. The van der Waals surface area contributed by atoms with Crippen LogP contribution in [0.4, 0.5) is 0 Å². The Bertz CT molecular complexity index is 501. The van der Waals surface area contributed by atoms with E-state index in [9.17, 15) is 0 Å². The standard InChI is InChI=1S/C15H18BrNOS/c1-2-14(17)15(12-7-3-4-8-13(12)16)19-10-11-6-5-9-18-11/h3-9,14-15H,2,10,17H2,1H3. The van der Waals surface area contributed by atoms with Crippen molar-refractivity contribution in [2.24, 2.45) is 5.73 Å². The molecule has 2 unspecified atom stereocenters. The first kappa shape index (κ1) is 14.7. The topological polar surface area (TPSA) is 39.2 Å². The molecule has 4 heteroatoms. The molecule has 0 fully saturated rings. The maximum Gasteiger partial charge on any atom is 0.113 e. The highest BCUT2D eigenvalue weighted by atomic mass is 79.9. The quantitative estimate of drug-likeness (QED) is 0.824. The Hall–Kier alpha value is -0.710. The van der Waals surface area contributed by atoms with E-state index in [1.165, 1.54) is 5.56 Å². The number of furan rings is 1. The van der Waals surface area contributed by atoms with Crippen molar-refractivity contribution in [3.63, 3.8) is 0 Å². The van der Waals surface area contributed by atoms with Gasteiger partial charge in [0.25, 0.3) is 0 Å². The molecule has 0 saturated carbocycles. The molecular formula is C15H18BrNOS. The summed E-state index contributed by atoms with van der Waals surface area (Å²) in [5.41, 5.74) is 7.54. The lowest BCUT2D eigenvalue weighted by atomic mass is 10.0. The molecule has 0 radical (unpaired) electrons. The van der Waals surface area contributed by atoms with E-state index < -0.39 is 0 Å².